The van der Waals surface area contributed by atoms with Gasteiger partial charge in [0, 0.05) is 11.4 Å². The zero-order valence-electron chi connectivity index (χ0n) is 30.9. The fourth-order valence-corrected chi connectivity index (χ4v) is 6.32. The van der Waals surface area contributed by atoms with E-state index >= 15 is 39.5 Å². The summed E-state index contributed by atoms with van der Waals surface area (Å²) in [4.78, 5) is 0. The fraction of sp³-hybridized carbons (Fsp3) is 0.368. The second-order valence-corrected chi connectivity index (χ2v) is 14.1. The molecule has 0 amide bonds. The number of nitrogen functional groups attached to an aromatic ring is 2. The molecule has 0 saturated carbocycles. The van der Waals surface area contributed by atoms with Crippen LogP contribution in [0.25, 0.3) is 0 Å². The van der Waals surface area contributed by atoms with Crippen molar-refractivity contribution in [3.05, 3.63) is 130 Å². The SMILES string of the molecule is Nc1ccc(Cc2ccc(C(c3ccc(Cc4ccc(N)cc4)cc3)(C(F)(F)F)C(F)(F)C(F)(F)C(F)(F)C(F)(F)C(F)(F)C(F)(F)C(F)(F)C(F)(F)C(F)(F)C(F)(F)F)cc2)cc1. The van der Waals surface area contributed by atoms with Crippen LogP contribution in [0.2, 0.25) is 0 Å². The molecule has 0 radical (unpaired) electrons. The Morgan fingerprint density at radius 3 is 0.672 bits per heavy atom. The molecule has 4 aromatic carbocycles. The van der Waals surface area contributed by atoms with Crippen LogP contribution >= 0.6 is 0 Å². The van der Waals surface area contributed by atoms with Crippen LogP contribution in [0.15, 0.2) is 97.1 Å². The third kappa shape index (κ3) is 7.48. The monoisotopic (exact) mass is 964 g/mol. The molecule has 0 spiro atoms. The molecule has 0 fully saturated rings. The number of halogens is 24. The summed E-state index contributed by atoms with van der Waals surface area (Å²) in [6.45, 7) is 0. The van der Waals surface area contributed by atoms with E-state index < -0.39 is 82.2 Å². The molecule has 2 nitrogen and oxygen atoms in total. The van der Waals surface area contributed by atoms with Gasteiger partial charge in [-0.05, 0) is 70.5 Å². The molecule has 0 unspecified atom stereocenters. The molecule has 0 aliphatic heterocycles. The van der Waals surface area contributed by atoms with Crippen molar-refractivity contribution < 1.29 is 105 Å². The van der Waals surface area contributed by atoms with Gasteiger partial charge in [-0.25, -0.2) is 0 Å². The van der Waals surface area contributed by atoms with Crippen LogP contribution in [-0.4, -0.2) is 65.7 Å². The molecule has 64 heavy (non-hydrogen) atoms. The maximum absolute atomic E-state index is 16.5. The van der Waals surface area contributed by atoms with Crippen molar-refractivity contribution in [3.63, 3.8) is 0 Å². The molecule has 0 aliphatic rings. The van der Waals surface area contributed by atoms with Crippen LogP contribution in [-0.2, 0) is 18.3 Å². The molecule has 4 rings (SSSR count). The average molecular weight is 965 g/mol. The van der Waals surface area contributed by atoms with E-state index in [4.69, 9.17) is 11.5 Å². The van der Waals surface area contributed by atoms with Gasteiger partial charge < -0.3 is 11.5 Å². The van der Waals surface area contributed by atoms with E-state index in [2.05, 4.69) is 0 Å². The zero-order chi connectivity index (χ0) is 49.3. The number of anilines is 2. The van der Waals surface area contributed by atoms with Crippen LogP contribution in [0.5, 0.6) is 0 Å². The number of nitrogens with two attached hydrogens (primary N) is 2. The summed E-state index contributed by atoms with van der Waals surface area (Å²) in [6.07, 6.45) is -16.1. The van der Waals surface area contributed by atoms with E-state index in [0.717, 1.165) is 0 Å². The van der Waals surface area contributed by atoms with Crippen LogP contribution in [0.4, 0.5) is 117 Å². The topological polar surface area (TPSA) is 52.0 Å². The van der Waals surface area contributed by atoms with Crippen molar-refractivity contribution >= 4 is 11.4 Å². The van der Waals surface area contributed by atoms with Crippen molar-refractivity contribution in [1.82, 2.24) is 0 Å². The highest BCUT2D eigenvalue weighted by atomic mass is 19.4. The highest BCUT2D eigenvalue weighted by Gasteiger charge is 2.99. The Morgan fingerprint density at radius 1 is 0.250 bits per heavy atom. The lowest BCUT2D eigenvalue weighted by Crippen LogP contribution is -2.78. The van der Waals surface area contributed by atoms with Gasteiger partial charge in [0.1, 0.15) is 0 Å². The maximum atomic E-state index is 16.5. The lowest BCUT2D eigenvalue weighted by atomic mass is 9.65. The minimum atomic E-state index is -9.55. The van der Waals surface area contributed by atoms with Crippen LogP contribution < -0.4 is 11.5 Å². The van der Waals surface area contributed by atoms with E-state index in [0.29, 0.717) is 24.3 Å². The number of alkyl halides is 24. The summed E-state index contributed by atoms with van der Waals surface area (Å²) in [5.41, 5.74) is 0.688. The Hall–Kier alpha value is -5.20. The highest BCUT2D eigenvalue weighted by molar-refractivity contribution is 5.49. The van der Waals surface area contributed by atoms with Gasteiger partial charge in [0.2, 0.25) is 0 Å². The Kier molecular flexibility index (Phi) is 12.7. The van der Waals surface area contributed by atoms with Gasteiger partial charge in [-0.15, -0.1) is 0 Å². The first-order chi connectivity index (χ1) is 28.6. The van der Waals surface area contributed by atoms with Gasteiger partial charge >= 0.3 is 65.7 Å². The van der Waals surface area contributed by atoms with Crippen molar-refractivity contribution in [1.29, 1.82) is 0 Å². The second-order valence-electron chi connectivity index (χ2n) is 14.1. The lowest BCUT2D eigenvalue weighted by Gasteiger charge is -2.49. The minimum Gasteiger partial charge on any atom is -0.399 e. The third-order valence-corrected chi connectivity index (χ3v) is 9.96. The number of hydrogen-bond donors (Lipinski definition) is 2. The van der Waals surface area contributed by atoms with Gasteiger partial charge in [-0.2, -0.15) is 105 Å². The Morgan fingerprint density at radius 2 is 0.453 bits per heavy atom. The van der Waals surface area contributed by atoms with E-state index in [-0.39, 0.29) is 70.7 Å². The molecule has 0 saturated heterocycles. The molecule has 4 aromatic rings. The van der Waals surface area contributed by atoms with Crippen molar-refractivity contribution in [3.8, 4) is 0 Å². The summed E-state index contributed by atoms with van der Waals surface area (Å²) >= 11 is 0. The minimum absolute atomic E-state index is 0.116. The molecule has 0 heterocycles. The van der Waals surface area contributed by atoms with E-state index in [9.17, 15) is 65.9 Å². The van der Waals surface area contributed by atoms with E-state index in [1.165, 1.54) is 48.5 Å². The van der Waals surface area contributed by atoms with Crippen molar-refractivity contribution in [2.75, 3.05) is 11.5 Å². The number of rotatable bonds is 15. The van der Waals surface area contributed by atoms with Crippen LogP contribution in [0, 0.1) is 0 Å². The molecule has 4 N–H and O–H groups in total. The van der Waals surface area contributed by atoms with Crippen molar-refractivity contribution in [2.45, 2.75) is 83.9 Å². The molecular formula is C38H24F24N2. The Balaban J connectivity index is 1.99. The summed E-state index contributed by atoms with van der Waals surface area (Å²) in [7, 11) is 0. The normalized spacial score (nSPS) is 14.8. The van der Waals surface area contributed by atoms with E-state index in [1.54, 1.807) is 0 Å². The van der Waals surface area contributed by atoms with Crippen LogP contribution in [0.3, 0.4) is 0 Å². The largest absolute Gasteiger partial charge is 0.460 e. The van der Waals surface area contributed by atoms with Crippen molar-refractivity contribution in [2.24, 2.45) is 0 Å². The number of hydrogen-bond acceptors (Lipinski definition) is 2. The summed E-state index contributed by atoms with van der Waals surface area (Å²) in [6, 6.07) is 11.8. The van der Waals surface area contributed by atoms with Gasteiger partial charge in [-0.3, -0.25) is 0 Å². The van der Waals surface area contributed by atoms with Gasteiger partial charge in [0.05, 0.1) is 0 Å². The average Bonchev–Trinajstić information content (AvgIpc) is 3.16. The Labute approximate surface area is 342 Å². The maximum Gasteiger partial charge on any atom is 0.460 e. The molecular weight excluding hydrogens is 940 g/mol. The molecule has 354 valence electrons. The first kappa shape index (κ1) is 51.4. The van der Waals surface area contributed by atoms with E-state index in [1.807, 2.05) is 0 Å². The second kappa shape index (κ2) is 15.8. The smallest absolute Gasteiger partial charge is 0.399 e. The summed E-state index contributed by atoms with van der Waals surface area (Å²) in [5.74, 6) is -82.0. The first-order valence-corrected chi connectivity index (χ1v) is 17.1. The highest BCUT2D eigenvalue weighted by Crippen LogP contribution is 2.69. The fourth-order valence-electron chi connectivity index (χ4n) is 6.32. The lowest BCUT2D eigenvalue weighted by molar-refractivity contribution is -0.477. The summed E-state index contributed by atoms with van der Waals surface area (Å²) in [5, 5.41) is 0. The predicted molar refractivity (Wildman–Crippen MR) is 178 cm³/mol. The third-order valence-electron chi connectivity index (χ3n) is 9.96. The van der Waals surface area contributed by atoms with Gasteiger partial charge in [0.25, 0.3) is 0 Å². The molecule has 0 aromatic heterocycles. The van der Waals surface area contributed by atoms with Gasteiger partial charge in [0.15, 0.2) is 5.41 Å². The molecule has 26 heteroatoms. The van der Waals surface area contributed by atoms with Crippen LogP contribution in [0.1, 0.15) is 33.4 Å². The predicted octanol–water partition coefficient (Wildman–Crippen LogP) is 13.2. The standard InChI is InChI=1S/C38H24F24N2/c39-28(40,29(41,42)30(43,44)31(45,46)32(47,48)33(49,50)34(51,52)35(53,54)36(55,56)38(60,61)62)27(37(57,58)59,23-9-1-19(2-10-23)17-21-5-13-25(63)14-6-21)24-11-3-20(4-12-24)18-22-7-15-26(64)16-8-22/h1-16H,17-18,63-64H2. The number of benzene rings is 4. The molecule has 0 atom stereocenters. The Bertz CT molecular complexity index is 2150. The van der Waals surface area contributed by atoms with Gasteiger partial charge in [-0.1, -0.05) is 72.8 Å². The first-order valence-electron chi connectivity index (χ1n) is 17.1. The quantitative estimate of drug-likeness (QED) is 0.0921. The zero-order valence-corrected chi connectivity index (χ0v) is 30.9. The summed E-state index contributed by atoms with van der Waals surface area (Å²) < 4.78 is 349. The molecule has 0 aliphatic carbocycles. The molecule has 0 bridgehead atoms.